The molecule has 0 heterocycles. The Balaban J connectivity index is 2.00. The lowest BCUT2D eigenvalue weighted by molar-refractivity contribution is 0.604. The third-order valence-electron chi connectivity index (χ3n) is 3.91. The second-order valence-corrected chi connectivity index (χ2v) is 6.14. The number of aryl methyl sites for hydroxylation is 3. The van der Waals surface area contributed by atoms with E-state index in [1.165, 1.54) is 24.0 Å². The van der Waals surface area contributed by atoms with E-state index in [1.807, 2.05) is 12.1 Å². The molecule has 1 aliphatic rings. The molecule has 0 aromatic heterocycles. The van der Waals surface area contributed by atoms with Gasteiger partial charge in [-0.25, -0.2) is 4.39 Å². The second-order valence-electron chi connectivity index (χ2n) is 5.22. The molecular weight excluding hydrogens is 303 g/mol. The molecule has 2 heteroatoms. The molecule has 2 aromatic carbocycles. The minimum atomic E-state index is -0.107. The molecule has 1 unspecified atom stereocenters. The topological polar surface area (TPSA) is 0 Å². The van der Waals surface area contributed by atoms with E-state index in [0.717, 1.165) is 17.5 Å². The van der Waals surface area contributed by atoms with Crippen LogP contribution < -0.4 is 0 Å². The van der Waals surface area contributed by atoms with Gasteiger partial charge in [-0.15, -0.1) is 0 Å². The van der Waals surface area contributed by atoms with Crippen LogP contribution in [0.5, 0.6) is 0 Å². The van der Waals surface area contributed by atoms with Crippen molar-refractivity contribution in [3.8, 4) is 0 Å². The Hall–Kier alpha value is -1.15. The number of fused-ring (bicyclic) bond motifs is 1. The van der Waals surface area contributed by atoms with Crippen LogP contribution in [0.1, 0.15) is 39.1 Å². The summed E-state index contributed by atoms with van der Waals surface area (Å²) < 4.78 is 14.2. The third-order valence-corrected chi connectivity index (χ3v) is 4.93. The summed E-state index contributed by atoms with van der Waals surface area (Å²) in [5.74, 6) is -0.107. The Kier molecular flexibility index (Phi) is 3.44. The van der Waals surface area contributed by atoms with Gasteiger partial charge in [-0.1, -0.05) is 52.3 Å². The molecule has 0 saturated carbocycles. The zero-order valence-corrected chi connectivity index (χ0v) is 12.5. The van der Waals surface area contributed by atoms with Crippen molar-refractivity contribution in [1.29, 1.82) is 0 Å². The standard InChI is InChI=1S/C17H16BrF/c1-11-4-2-7-15(17(11)19)16(18)14-9-8-12-5-3-6-13(12)10-14/h2,4,7-10,16H,3,5-6H2,1H3. The van der Waals surface area contributed by atoms with Crippen molar-refractivity contribution in [2.24, 2.45) is 0 Å². The number of hydrogen-bond acceptors (Lipinski definition) is 0. The van der Waals surface area contributed by atoms with Crippen LogP contribution in [0.3, 0.4) is 0 Å². The number of alkyl halides is 1. The fourth-order valence-corrected chi connectivity index (χ4v) is 3.43. The van der Waals surface area contributed by atoms with Crippen LogP contribution in [0, 0.1) is 12.7 Å². The minimum Gasteiger partial charge on any atom is -0.206 e. The van der Waals surface area contributed by atoms with Crippen LogP contribution in [0.25, 0.3) is 0 Å². The van der Waals surface area contributed by atoms with Gasteiger partial charge in [0.25, 0.3) is 0 Å². The molecule has 0 radical (unpaired) electrons. The molecule has 0 fully saturated rings. The lowest BCUT2D eigenvalue weighted by Crippen LogP contribution is -1.99. The highest BCUT2D eigenvalue weighted by molar-refractivity contribution is 9.09. The zero-order chi connectivity index (χ0) is 13.4. The van der Waals surface area contributed by atoms with E-state index in [-0.39, 0.29) is 10.6 Å². The van der Waals surface area contributed by atoms with Gasteiger partial charge in [-0.05, 0) is 48.4 Å². The number of benzene rings is 2. The summed E-state index contributed by atoms with van der Waals surface area (Å²) in [6, 6.07) is 12.1. The molecule has 98 valence electrons. The van der Waals surface area contributed by atoms with Crippen LogP contribution in [0.15, 0.2) is 36.4 Å². The van der Waals surface area contributed by atoms with Gasteiger partial charge in [0.1, 0.15) is 5.82 Å². The van der Waals surface area contributed by atoms with Crippen molar-refractivity contribution in [2.45, 2.75) is 31.0 Å². The van der Waals surface area contributed by atoms with Crippen LogP contribution in [-0.4, -0.2) is 0 Å². The third kappa shape index (κ3) is 2.34. The van der Waals surface area contributed by atoms with E-state index >= 15 is 0 Å². The molecule has 0 amide bonds. The lowest BCUT2D eigenvalue weighted by atomic mass is 9.99. The summed E-state index contributed by atoms with van der Waals surface area (Å²) in [5, 5.41) is 0. The highest BCUT2D eigenvalue weighted by atomic mass is 79.9. The minimum absolute atomic E-state index is 0.0710. The van der Waals surface area contributed by atoms with Crippen molar-refractivity contribution in [2.75, 3.05) is 0 Å². The zero-order valence-electron chi connectivity index (χ0n) is 10.9. The quantitative estimate of drug-likeness (QED) is 0.675. The first-order valence-electron chi connectivity index (χ1n) is 6.67. The molecule has 1 aliphatic carbocycles. The molecule has 0 bridgehead atoms. The maximum absolute atomic E-state index is 14.2. The average Bonchev–Trinajstić information content (AvgIpc) is 2.88. The van der Waals surface area contributed by atoms with Crippen LogP contribution in [0.2, 0.25) is 0 Å². The SMILES string of the molecule is Cc1cccc(C(Br)c2ccc3c(c2)CCC3)c1F. The van der Waals surface area contributed by atoms with Gasteiger partial charge in [-0.2, -0.15) is 0 Å². The van der Waals surface area contributed by atoms with Gasteiger partial charge in [0.05, 0.1) is 4.83 Å². The molecule has 3 rings (SSSR count). The summed E-state index contributed by atoms with van der Waals surface area (Å²) in [6.45, 7) is 1.81. The van der Waals surface area contributed by atoms with Crippen LogP contribution >= 0.6 is 15.9 Å². The predicted octanol–water partition coefficient (Wildman–Crippen LogP) is 5.11. The normalized spacial score (nSPS) is 15.3. The molecular formula is C17H16BrF. The van der Waals surface area contributed by atoms with E-state index in [1.54, 1.807) is 13.0 Å². The van der Waals surface area contributed by atoms with Gasteiger partial charge in [-0.3, -0.25) is 0 Å². The van der Waals surface area contributed by atoms with Crippen molar-refractivity contribution < 1.29 is 4.39 Å². The molecule has 19 heavy (non-hydrogen) atoms. The smallest absolute Gasteiger partial charge is 0.130 e. The summed E-state index contributed by atoms with van der Waals surface area (Å²) >= 11 is 3.65. The van der Waals surface area contributed by atoms with Crippen LogP contribution in [0.4, 0.5) is 4.39 Å². The number of hydrogen-bond donors (Lipinski definition) is 0. The van der Waals surface area contributed by atoms with E-state index in [0.29, 0.717) is 5.56 Å². The summed E-state index contributed by atoms with van der Waals surface area (Å²) in [4.78, 5) is -0.0710. The monoisotopic (exact) mass is 318 g/mol. The largest absolute Gasteiger partial charge is 0.206 e. The van der Waals surface area contributed by atoms with Gasteiger partial charge in [0.15, 0.2) is 0 Å². The molecule has 0 aliphatic heterocycles. The first-order valence-corrected chi connectivity index (χ1v) is 7.59. The van der Waals surface area contributed by atoms with Gasteiger partial charge in [0, 0.05) is 5.56 Å². The molecule has 0 nitrogen and oxygen atoms in total. The van der Waals surface area contributed by atoms with Crippen molar-refractivity contribution >= 4 is 15.9 Å². The lowest BCUT2D eigenvalue weighted by Gasteiger charge is -2.14. The fraction of sp³-hybridized carbons (Fsp3) is 0.294. The molecule has 1 atom stereocenters. The van der Waals surface area contributed by atoms with E-state index < -0.39 is 0 Å². The highest BCUT2D eigenvalue weighted by Gasteiger charge is 2.18. The van der Waals surface area contributed by atoms with Crippen molar-refractivity contribution in [3.63, 3.8) is 0 Å². The first-order chi connectivity index (χ1) is 9.16. The molecule has 0 spiro atoms. The summed E-state index contributed by atoms with van der Waals surface area (Å²) in [6.07, 6.45) is 3.57. The van der Waals surface area contributed by atoms with Gasteiger partial charge >= 0.3 is 0 Å². The van der Waals surface area contributed by atoms with E-state index in [2.05, 4.69) is 34.1 Å². The predicted molar refractivity (Wildman–Crippen MR) is 80.4 cm³/mol. The van der Waals surface area contributed by atoms with E-state index in [9.17, 15) is 4.39 Å². The fourth-order valence-electron chi connectivity index (χ4n) is 2.79. The molecule has 2 aromatic rings. The molecule has 0 N–H and O–H groups in total. The Morgan fingerprint density at radius 2 is 1.89 bits per heavy atom. The maximum Gasteiger partial charge on any atom is 0.130 e. The summed E-state index contributed by atoms with van der Waals surface area (Å²) in [5.41, 5.74) is 5.44. The average molecular weight is 319 g/mol. The maximum atomic E-state index is 14.2. The van der Waals surface area contributed by atoms with Crippen molar-refractivity contribution in [1.82, 2.24) is 0 Å². The Bertz CT molecular complexity index is 619. The number of rotatable bonds is 2. The summed E-state index contributed by atoms with van der Waals surface area (Å²) in [7, 11) is 0. The Morgan fingerprint density at radius 3 is 2.74 bits per heavy atom. The molecule has 0 saturated heterocycles. The van der Waals surface area contributed by atoms with E-state index in [4.69, 9.17) is 0 Å². The Labute approximate surface area is 121 Å². The van der Waals surface area contributed by atoms with Crippen LogP contribution in [-0.2, 0) is 12.8 Å². The highest BCUT2D eigenvalue weighted by Crippen LogP contribution is 2.35. The van der Waals surface area contributed by atoms with Gasteiger partial charge in [0.2, 0.25) is 0 Å². The second kappa shape index (κ2) is 5.09. The Morgan fingerprint density at radius 1 is 1.11 bits per heavy atom. The van der Waals surface area contributed by atoms with Gasteiger partial charge < -0.3 is 0 Å². The van der Waals surface area contributed by atoms with Crippen molar-refractivity contribution in [3.05, 3.63) is 70.0 Å². The number of halogens is 2. The first kappa shape index (κ1) is 12.9.